The Labute approximate surface area is 125 Å². The molecule has 1 aromatic rings. The van der Waals surface area contributed by atoms with E-state index in [1.165, 1.54) is 12.1 Å². The summed E-state index contributed by atoms with van der Waals surface area (Å²) in [5.41, 5.74) is 0.134. The quantitative estimate of drug-likeness (QED) is 0.831. The monoisotopic (exact) mass is 326 g/mol. The second-order valence-corrected chi connectivity index (χ2v) is 4.75. The van der Waals surface area contributed by atoms with Gasteiger partial charge in [-0.1, -0.05) is 12.1 Å². The first-order valence-electron chi connectivity index (χ1n) is 6.21. The SMILES string of the molecule is Cl.O=C(NCCc1cccc(F)c1F)C1CC(F)(F)CN1. The number of benzene rings is 1. The van der Waals surface area contributed by atoms with Gasteiger partial charge in [-0.25, -0.2) is 17.6 Å². The van der Waals surface area contributed by atoms with E-state index in [1.54, 1.807) is 0 Å². The normalized spacial score (nSPS) is 19.9. The molecule has 1 aliphatic heterocycles. The average molecular weight is 327 g/mol. The van der Waals surface area contributed by atoms with Gasteiger partial charge >= 0.3 is 0 Å². The minimum absolute atomic E-state index is 0. The van der Waals surface area contributed by atoms with Crippen molar-refractivity contribution in [1.29, 1.82) is 0 Å². The summed E-state index contributed by atoms with van der Waals surface area (Å²) in [6.07, 6.45) is -0.453. The maximum absolute atomic E-state index is 13.3. The Hall–Kier alpha value is -1.34. The number of alkyl halides is 2. The van der Waals surface area contributed by atoms with Crippen molar-refractivity contribution < 1.29 is 22.4 Å². The Morgan fingerprint density at radius 2 is 2.10 bits per heavy atom. The van der Waals surface area contributed by atoms with Gasteiger partial charge in [0.15, 0.2) is 11.6 Å². The molecule has 0 spiro atoms. The molecule has 1 atom stereocenters. The fraction of sp³-hybridized carbons (Fsp3) is 0.462. The van der Waals surface area contributed by atoms with Crippen LogP contribution in [0.15, 0.2) is 18.2 Å². The summed E-state index contributed by atoms with van der Waals surface area (Å²) >= 11 is 0. The summed E-state index contributed by atoms with van der Waals surface area (Å²) in [7, 11) is 0. The largest absolute Gasteiger partial charge is 0.354 e. The lowest BCUT2D eigenvalue weighted by Gasteiger charge is -2.11. The second-order valence-electron chi connectivity index (χ2n) is 4.75. The zero-order valence-corrected chi connectivity index (χ0v) is 11.8. The van der Waals surface area contributed by atoms with Gasteiger partial charge in [0.05, 0.1) is 12.6 Å². The number of hydrogen-bond donors (Lipinski definition) is 2. The molecular weight excluding hydrogens is 312 g/mol. The van der Waals surface area contributed by atoms with Crippen molar-refractivity contribution >= 4 is 18.3 Å². The lowest BCUT2D eigenvalue weighted by atomic mass is 10.1. The minimum Gasteiger partial charge on any atom is -0.354 e. The van der Waals surface area contributed by atoms with Crippen molar-refractivity contribution in [3.63, 3.8) is 0 Å². The Morgan fingerprint density at radius 3 is 2.71 bits per heavy atom. The van der Waals surface area contributed by atoms with Gasteiger partial charge in [-0.05, 0) is 18.1 Å². The van der Waals surface area contributed by atoms with Gasteiger partial charge in [0.2, 0.25) is 5.91 Å². The van der Waals surface area contributed by atoms with Crippen LogP contribution in [-0.4, -0.2) is 31.0 Å². The van der Waals surface area contributed by atoms with E-state index in [9.17, 15) is 22.4 Å². The summed E-state index contributed by atoms with van der Waals surface area (Å²) in [5, 5.41) is 4.85. The number of hydrogen-bond acceptors (Lipinski definition) is 2. The lowest BCUT2D eigenvalue weighted by molar-refractivity contribution is -0.123. The highest BCUT2D eigenvalue weighted by Gasteiger charge is 2.42. The first kappa shape index (κ1) is 17.7. The first-order valence-corrected chi connectivity index (χ1v) is 6.21. The minimum atomic E-state index is -2.88. The zero-order chi connectivity index (χ0) is 14.8. The third kappa shape index (κ3) is 4.57. The van der Waals surface area contributed by atoms with Crippen LogP contribution in [0.25, 0.3) is 0 Å². The van der Waals surface area contributed by atoms with Gasteiger partial charge in [0, 0.05) is 13.0 Å². The van der Waals surface area contributed by atoms with E-state index in [0.29, 0.717) is 0 Å². The summed E-state index contributed by atoms with van der Waals surface area (Å²) in [5.74, 6) is -5.34. The van der Waals surface area contributed by atoms with E-state index in [0.717, 1.165) is 6.07 Å². The van der Waals surface area contributed by atoms with Crippen molar-refractivity contribution in [1.82, 2.24) is 10.6 Å². The van der Waals surface area contributed by atoms with Gasteiger partial charge in [-0.3, -0.25) is 10.1 Å². The van der Waals surface area contributed by atoms with E-state index >= 15 is 0 Å². The number of nitrogens with one attached hydrogen (secondary N) is 2. The third-order valence-corrected chi connectivity index (χ3v) is 3.15. The van der Waals surface area contributed by atoms with Crippen molar-refractivity contribution in [3.8, 4) is 0 Å². The molecule has 2 rings (SSSR count). The molecule has 8 heteroatoms. The van der Waals surface area contributed by atoms with Crippen LogP contribution in [-0.2, 0) is 11.2 Å². The molecule has 0 bridgehead atoms. The molecule has 1 amide bonds. The van der Waals surface area contributed by atoms with E-state index in [-0.39, 0.29) is 30.9 Å². The zero-order valence-electron chi connectivity index (χ0n) is 11.0. The summed E-state index contributed by atoms with van der Waals surface area (Å²) < 4.78 is 52.1. The highest BCUT2D eigenvalue weighted by Crippen LogP contribution is 2.25. The fourth-order valence-electron chi connectivity index (χ4n) is 2.09. The summed E-state index contributed by atoms with van der Waals surface area (Å²) in [4.78, 5) is 11.6. The number of amides is 1. The maximum atomic E-state index is 13.3. The molecule has 0 aliphatic carbocycles. The van der Waals surface area contributed by atoms with Crippen LogP contribution in [0.2, 0.25) is 0 Å². The molecule has 0 aromatic heterocycles. The molecule has 1 unspecified atom stereocenters. The van der Waals surface area contributed by atoms with E-state index < -0.39 is 42.5 Å². The Morgan fingerprint density at radius 1 is 1.38 bits per heavy atom. The standard InChI is InChI=1S/C13H14F4N2O.ClH/c14-9-3-1-2-8(11(9)15)4-5-18-12(20)10-6-13(16,17)7-19-10;/h1-3,10,19H,4-7H2,(H,18,20);1H. The van der Waals surface area contributed by atoms with Crippen LogP contribution in [0.1, 0.15) is 12.0 Å². The Balaban J connectivity index is 0.00000220. The van der Waals surface area contributed by atoms with Gasteiger partial charge in [0.25, 0.3) is 5.92 Å². The van der Waals surface area contributed by atoms with Crippen LogP contribution < -0.4 is 10.6 Å². The first-order chi connectivity index (χ1) is 9.39. The van der Waals surface area contributed by atoms with E-state index in [4.69, 9.17) is 0 Å². The topological polar surface area (TPSA) is 41.1 Å². The number of carbonyl (C=O) groups is 1. The number of halogens is 5. The van der Waals surface area contributed by atoms with Gasteiger partial charge in [-0.15, -0.1) is 12.4 Å². The average Bonchev–Trinajstić information content (AvgIpc) is 2.75. The molecule has 1 heterocycles. The summed E-state index contributed by atoms with van der Waals surface area (Å²) in [6.45, 7) is -0.466. The molecule has 1 aliphatic rings. The predicted molar refractivity (Wildman–Crippen MR) is 71.7 cm³/mol. The molecular formula is C13H15ClF4N2O. The lowest BCUT2D eigenvalue weighted by Crippen LogP contribution is -2.41. The van der Waals surface area contributed by atoms with Crippen LogP contribution >= 0.6 is 12.4 Å². The molecule has 118 valence electrons. The molecule has 1 saturated heterocycles. The third-order valence-electron chi connectivity index (χ3n) is 3.15. The van der Waals surface area contributed by atoms with Crippen LogP contribution in [0.5, 0.6) is 0 Å². The predicted octanol–water partition coefficient (Wildman–Crippen LogP) is 2.04. The second kappa shape index (κ2) is 7.09. The van der Waals surface area contributed by atoms with Crippen LogP contribution in [0.3, 0.4) is 0 Å². The Bertz CT molecular complexity index is 513. The maximum Gasteiger partial charge on any atom is 0.262 e. The summed E-state index contributed by atoms with van der Waals surface area (Å²) in [6, 6.07) is 2.84. The molecule has 0 saturated carbocycles. The highest BCUT2D eigenvalue weighted by molar-refractivity contribution is 5.85. The van der Waals surface area contributed by atoms with Crippen molar-refractivity contribution in [2.24, 2.45) is 0 Å². The van der Waals surface area contributed by atoms with Crippen molar-refractivity contribution in [2.75, 3.05) is 13.1 Å². The Kier molecular flexibility index (Phi) is 5.98. The van der Waals surface area contributed by atoms with Gasteiger partial charge in [0.1, 0.15) is 0 Å². The van der Waals surface area contributed by atoms with E-state index in [1.807, 2.05) is 0 Å². The van der Waals surface area contributed by atoms with Gasteiger partial charge in [-0.2, -0.15) is 0 Å². The number of carbonyl (C=O) groups excluding carboxylic acids is 1. The molecule has 1 aromatic carbocycles. The molecule has 0 radical (unpaired) electrons. The van der Waals surface area contributed by atoms with Crippen molar-refractivity contribution in [3.05, 3.63) is 35.4 Å². The van der Waals surface area contributed by atoms with Gasteiger partial charge < -0.3 is 5.32 Å². The molecule has 1 fully saturated rings. The van der Waals surface area contributed by atoms with Crippen LogP contribution in [0.4, 0.5) is 17.6 Å². The molecule has 2 N–H and O–H groups in total. The van der Waals surface area contributed by atoms with Crippen LogP contribution in [0, 0.1) is 11.6 Å². The fourth-order valence-corrected chi connectivity index (χ4v) is 2.09. The smallest absolute Gasteiger partial charge is 0.262 e. The van der Waals surface area contributed by atoms with Crippen molar-refractivity contribution in [2.45, 2.75) is 24.8 Å². The molecule has 21 heavy (non-hydrogen) atoms. The highest BCUT2D eigenvalue weighted by atomic mass is 35.5. The molecule has 3 nitrogen and oxygen atoms in total. The van der Waals surface area contributed by atoms with E-state index in [2.05, 4.69) is 10.6 Å². The number of rotatable bonds is 4.